The minimum absolute atomic E-state index is 0.0185. The van der Waals surface area contributed by atoms with Gasteiger partial charge in [0, 0.05) is 5.88 Å². The molecule has 0 bridgehead atoms. The summed E-state index contributed by atoms with van der Waals surface area (Å²) in [5.41, 5.74) is 0. The maximum absolute atomic E-state index is 9.76. The Morgan fingerprint density at radius 3 is 2.17 bits per heavy atom. The van der Waals surface area contributed by atoms with E-state index in [0.29, 0.717) is 0 Å². The van der Waals surface area contributed by atoms with Gasteiger partial charge in [-0.15, -0.1) is 11.6 Å². The fraction of sp³-hybridized carbons (Fsp3) is 0.889. The average Bonchev–Trinajstić information content (AvgIpc) is 2.83. The summed E-state index contributed by atoms with van der Waals surface area (Å²) in [6.07, 6.45) is 5.53. The van der Waals surface area contributed by atoms with Crippen LogP contribution < -0.4 is 0 Å². The second-order valence-electron chi connectivity index (χ2n) is 3.01. The monoisotopic (exact) mass is 192 g/mol. The highest BCUT2D eigenvalue weighted by Crippen LogP contribution is 2.28. The lowest BCUT2D eigenvalue weighted by molar-refractivity contribution is -0.138. The van der Waals surface area contributed by atoms with E-state index in [1.54, 1.807) is 0 Å². The molecule has 72 valence electrons. The quantitative estimate of drug-likeness (QED) is 0.550. The van der Waals surface area contributed by atoms with Crippen molar-refractivity contribution >= 4 is 17.6 Å². The van der Waals surface area contributed by atoms with Crippen molar-refractivity contribution in [3.8, 4) is 0 Å². The lowest BCUT2D eigenvalue weighted by Crippen LogP contribution is -1.94. The lowest BCUT2D eigenvalue weighted by atomic mass is 10.3. The van der Waals surface area contributed by atoms with Crippen LogP contribution >= 0.6 is 11.6 Å². The average molecular weight is 193 g/mol. The SMILES string of the molecule is CCCCCCl.O=C(O)C1CC1. The molecular weight excluding hydrogens is 176 g/mol. The van der Waals surface area contributed by atoms with Crippen LogP contribution in [0.3, 0.4) is 0 Å². The predicted octanol–water partition coefficient (Wildman–Crippen LogP) is 2.90. The molecule has 0 amide bonds. The van der Waals surface area contributed by atoms with E-state index in [-0.39, 0.29) is 5.92 Å². The Bertz CT molecular complexity index is 118. The molecule has 1 aliphatic carbocycles. The highest BCUT2D eigenvalue weighted by molar-refractivity contribution is 6.17. The molecule has 0 saturated heterocycles. The summed E-state index contributed by atoms with van der Waals surface area (Å²) in [6.45, 7) is 2.17. The van der Waals surface area contributed by atoms with E-state index in [9.17, 15) is 4.79 Å². The van der Waals surface area contributed by atoms with Gasteiger partial charge in [0.15, 0.2) is 0 Å². The molecule has 2 nitrogen and oxygen atoms in total. The fourth-order valence-electron chi connectivity index (χ4n) is 0.675. The zero-order chi connectivity index (χ0) is 9.40. The van der Waals surface area contributed by atoms with Crippen molar-refractivity contribution in [3.63, 3.8) is 0 Å². The zero-order valence-corrected chi connectivity index (χ0v) is 8.31. The van der Waals surface area contributed by atoms with Crippen molar-refractivity contribution in [2.75, 3.05) is 5.88 Å². The van der Waals surface area contributed by atoms with E-state index < -0.39 is 5.97 Å². The summed E-state index contributed by atoms with van der Waals surface area (Å²) in [6, 6.07) is 0. The molecular formula is C9H17ClO2. The van der Waals surface area contributed by atoms with E-state index in [0.717, 1.165) is 18.7 Å². The standard InChI is InChI=1S/C5H11Cl.C4H6O2/c1-2-3-4-5-6;5-4(6)3-1-2-3/h2-5H2,1H3;3H,1-2H2,(H,5,6). The van der Waals surface area contributed by atoms with Gasteiger partial charge in [0.1, 0.15) is 0 Å². The first-order valence-corrected chi connectivity index (χ1v) is 5.04. The Hall–Kier alpha value is -0.240. The number of carbonyl (C=O) groups is 1. The molecule has 1 N–H and O–H groups in total. The highest BCUT2D eigenvalue weighted by Gasteiger charge is 2.28. The van der Waals surface area contributed by atoms with Crippen molar-refractivity contribution in [2.45, 2.75) is 39.0 Å². The Kier molecular flexibility index (Phi) is 7.26. The van der Waals surface area contributed by atoms with Crippen LogP contribution in [0.15, 0.2) is 0 Å². The van der Waals surface area contributed by atoms with E-state index in [1.165, 1.54) is 19.3 Å². The molecule has 0 atom stereocenters. The Labute approximate surface area is 78.9 Å². The molecule has 12 heavy (non-hydrogen) atoms. The zero-order valence-electron chi connectivity index (χ0n) is 7.55. The van der Waals surface area contributed by atoms with Crippen molar-refractivity contribution in [1.29, 1.82) is 0 Å². The topological polar surface area (TPSA) is 37.3 Å². The highest BCUT2D eigenvalue weighted by atomic mass is 35.5. The van der Waals surface area contributed by atoms with Crippen molar-refractivity contribution in [1.82, 2.24) is 0 Å². The van der Waals surface area contributed by atoms with Gasteiger partial charge in [0.05, 0.1) is 5.92 Å². The van der Waals surface area contributed by atoms with Crippen LogP contribution in [-0.4, -0.2) is 17.0 Å². The molecule has 0 unspecified atom stereocenters. The van der Waals surface area contributed by atoms with Crippen LogP contribution in [0.5, 0.6) is 0 Å². The fourth-order valence-corrected chi connectivity index (χ4v) is 0.864. The molecule has 1 aliphatic rings. The number of hydrogen-bond acceptors (Lipinski definition) is 1. The normalized spacial score (nSPS) is 14.8. The molecule has 0 aliphatic heterocycles. The van der Waals surface area contributed by atoms with Gasteiger partial charge >= 0.3 is 5.97 Å². The number of carboxylic acid groups (broad SMARTS) is 1. The molecule has 0 aromatic rings. The molecule has 0 spiro atoms. The van der Waals surface area contributed by atoms with Gasteiger partial charge in [-0.2, -0.15) is 0 Å². The number of rotatable bonds is 4. The van der Waals surface area contributed by atoms with Crippen LogP contribution in [0, 0.1) is 5.92 Å². The third-order valence-electron chi connectivity index (χ3n) is 1.66. The molecule has 0 aromatic heterocycles. The second kappa shape index (κ2) is 7.41. The van der Waals surface area contributed by atoms with Crippen molar-refractivity contribution in [3.05, 3.63) is 0 Å². The van der Waals surface area contributed by atoms with E-state index >= 15 is 0 Å². The maximum atomic E-state index is 9.76. The van der Waals surface area contributed by atoms with Gasteiger partial charge < -0.3 is 5.11 Å². The van der Waals surface area contributed by atoms with Crippen LogP contribution in [-0.2, 0) is 4.79 Å². The molecule has 1 rings (SSSR count). The van der Waals surface area contributed by atoms with Crippen LogP contribution in [0.1, 0.15) is 39.0 Å². The van der Waals surface area contributed by atoms with Crippen molar-refractivity contribution < 1.29 is 9.90 Å². The number of hydrogen-bond donors (Lipinski definition) is 1. The second-order valence-corrected chi connectivity index (χ2v) is 3.39. The van der Waals surface area contributed by atoms with Crippen molar-refractivity contribution in [2.24, 2.45) is 5.92 Å². The molecule has 3 heteroatoms. The Morgan fingerprint density at radius 2 is 2.08 bits per heavy atom. The first-order chi connectivity index (χ1) is 5.72. The number of alkyl halides is 1. The largest absolute Gasteiger partial charge is 0.481 e. The van der Waals surface area contributed by atoms with Gasteiger partial charge in [-0.05, 0) is 19.3 Å². The Morgan fingerprint density at radius 1 is 1.50 bits per heavy atom. The number of halogens is 1. The van der Waals surface area contributed by atoms with Gasteiger partial charge in [-0.1, -0.05) is 19.8 Å². The number of carboxylic acids is 1. The van der Waals surface area contributed by atoms with Gasteiger partial charge in [-0.3, -0.25) is 4.79 Å². The Balaban J connectivity index is 0.000000202. The van der Waals surface area contributed by atoms with Gasteiger partial charge in [0.2, 0.25) is 0 Å². The third-order valence-corrected chi connectivity index (χ3v) is 1.93. The predicted molar refractivity (Wildman–Crippen MR) is 50.6 cm³/mol. The summed E-state index contributed by atoms with van der Waals surface area (Å²) < 4.78 is 0. The minimum atomic E-state index is -0.630. The van der Waals surface area contributed by atoms with Crippen LogP contribution in [0.4, 0.5) is 0 Å². The summed E-state index contributed by atoms with van der Waals surface area (Å²) in [5.74, 6) is 0.216. The van der Waals surface area contributed by atoms with E-state index in [4.69, 9.17) is 16.7 Å². The van der Waals surface area contributed by atoms with E-state index in [2.05, 4.69) is 6.92 Å². The molecule has 1 fully saturated rings. The molecule has 1 saturated carbocycles. The third kappa shape index (κ3) is 7.86. The summed E-state index contributed by atoms with van der Waals surface area (Å²) in [4.78, 5) is 9.76. The summed E-state index contributed by atoms with van der Waals surface area (Å²) in [7, 11) is 0. The first-order valence-electron chi connectivity index (χ1n) is 4.51. The summed E-state index contributed by atoms with van der Waals surface area (Å²) in [5, 5.41) is 8.05. The number of aliphatic carboxylic acids is 1. The summed E-state index contributed by atoms with van der Waals surface area (Å²) >= 11 is 5.38. The van der Waals surface area contributed by atoms with Crippen LogP contribution in [0.25, 0.3) is 0 Å². The van der Waals surface area contributed by atoms with Gasteiger partial charge in [0.25, 0.3) is 0 Å². The lowest BCUT2D eigenvalue weighted by Gasteiger charge is -1.84. The van der Waals surface area contributed by atoms with E-state index in [1.807, 2.05) is 0 Å². The number of unbranched alkanes of at least 4 members (excludes halogenated alkanes) is 2. The minimum Gasteiger partial charge on any atom is -0.481 e. The first kappa shape index (κ1) is 11.8. The molecule has 0 radical (unpaired) electrons. The van der Waals surface area contributed by atoms with Gasteiger partial charge in [-0.25, -0.2) is 0 Å². The van der Waals surface area contributed by atoms with Crippen LogP contribution in [0.2, 0.25) is 0 Å². The molecule has 0 aromatic carbocycles. The maximum Gasteiger partial charge on any atom is 0.306 e. The smallest absolute Gasteiger partial charge is 0.306 e. The molecule has 0 heterocycles.